The summed E-state index contributed by atoms with van der Waals surface area (Å²) in [6, 6.07) is 8.09. The zero-order chi connectivity index (χ0) is 14.8. The number of benzene rings is 1. The molecule has 0 aromatic heterocycles. The number of carbonyl (C=O) groups is 1. The number of nitrogens with one attached hydrogen (secondary N) is 1. The SMILES string of the molecule is COC(=O)C1(Nc2ccccc2C)CCCC(C)(C)C1. The molecule has 1 aliphatic rings. The summed E-state index contributed by atoms with van der Waals surface area (Å²) in [6.45, 7) is 6.51. The van der Waals surface area contributed by atoms with Crippen LogP contribution in [-0.4, -0.2) is 18.6 Å². The van der Waals surface area contributed by atoms with E-state index in [9.17, 15) is 4.79 Å². The quantitative estimate of drug-likeness (QED) is 0.850. The molecular formula is C17H25NO2. The third-order valence-corrected chi connectivity index (χ3v) is 4.33. The molecule has 1 fully saturated rings. The minimum Gasteiger partial charge on any atom is -0.467 e. The first-order valence-electron chi connectivity index (χ1n) is 7.31. The Morgan fingerprint density at radius 2 is 1.95 bits per heavy atom. The van der Waals surface area contributed by atoms with E-state index in [1.165, 1.54) is 7.11 Å². The average molecular weight is 275 g/mol. The minimum absolute atomic E-state index is 0.145. The van der Waals surface area contributed by atoms with E-state index in [1.807, 2.05) is 18.2 Å². The van der Waals surface area contributed by atoms with E-state index < -0.39 is 5.54 Å². The molecule has 3 nitrogen and oxygen atoms in total. The van der Waals surface area contributed by atoms with Crippen LogP contribution in [0.4, 0.5) is 5.69 Å². The Morgan fingerprint density at radius 1 is 1.25 bits per heavy atom. The topological polar surface area (TPSA) is 38.3 Å². The van der Waals surface area contributed by atoms with Crippen molar-refractivity contribution in [3.63, 3.8) is 0 Å². The second-order valence-corrected chi connectivity index (χ2v) is 6.71. The number of methoxy groups -OCH3 is 1. The lowest BCUT2D eigenvalue weighted by Gasteiger charge is -2.44. The van der Waals surface area contributed by atoms with Crippen molar-refractivity contribution in [2.45, 2.75) is 52.0 Å². The van der Waals surface area contributed by atoms with Crippen LogP contribution in [0.5, 0.6) is 0 Å². The normalized spacial score (nSPS) is 25.0. The van der Waals surface area contributed by atoms with Gasteiger partial charge in [-0.3, -0.25) is 0 Å². The van der Waals surface area contributed by atoms with Crippen LogP contribution in [-0.2, 0) is 9.53 Å². The molecule has 1 atom stereocenters. The van der Waals surface area contributed by atoms with Crippen molar-refractivity contribution in [1.82, 2.24) is 0 Å². The lowest BCUT2D eigenvalue weighted by molar-refractivity contribution is -0.148. The van der Waals surface area contributed by atoms with Crippen LogP contribution in [0.3, 0.4) is 0 Å². The molecule has 0 heterocycles. The van der Waals surface area contributed by atoms with Gasteiger partial charge in [0, 0.05) is 5.69 Å². The molecule has 0 radical (unpaired) electrons. The summed E-state index contributed by atoms with van der Waals surface area (Å²) in [7, 11) is 1.48. The molecule has 1 unspecified atom stereocenters. The number of aryl methyl sites for hydroxylation is 1. The van der Waals surface area contributed by atoms with E-state index >= 15 is 0 Å². The summed E-state index contributed by atoms with van der Waals surface area (Å²) >= 11 is 0. The monoisotopic (exact) mass is 275 g/mol. The van der Waals surface area contributed by atoms with Gasteiger partial charge in [0.15, 0.2) is 0 Å². The molecule has 2 rings (SSSR count). The van der Waals surface area contributed by atoms with Gasteiger partial charge in [0.2, 0.25) is 0 Å². The first-order chi connectivity index (χ1) is 9.38. The van der Waals surface area contributed by atoms with Crippen molar-refractivity contribution in [3.05, 3.63) is 29.8 Å². The highest BCUT2D eigenvalue weighted by molar-refractivity contribution is 5.85. The third kappa shape index (κ3) is 2.97. The standard InChI is InChI=1S/C17H25NO2/c1-13-8-5-6-9-14(13)18-17(15(19)20-4)11-7-10-16(2,3)12-17/h5-6,8-9,18H,7,10-12H2,1-4H3. The summed E-state index contributed by atoms with van der Waals surface area (Å²) in [5.41, 5.74) is 1.74. The fourth-order valence-electron chi connectivity index (χ4n) is 3.36. The number of carbonyl (C=O) groups excluding carboxylic acids is 1. The van der Waals surface area contributed by atoms with Gasteiger partial charge < -0.3 is 10.1 Å². The van der Waals surface area contributed by atoms with Gasteiger partial charge in [0.05, 0.1) is 7.11 Å². The van der Waals surface area contributed by atoms with Crippen LogP contribution in [0.15, 0.2) is 24.3 Å². The number of esters is 1. The largest absolute Gasteiger partial charge is 0.467 e. The Morgan fingerprint density at radius 3 is 2.55 bits per heavy atom. The molecule has 0 aliphatic heterocycles. The molecule has 110 valence electrons. The van der Waals surface area contributed by atoms with Gasteiger partial charge in [-0.05, 0) is 49.7 Å². The second-order valence-electron chi connectivity index (χ2n) is 6.71. The van der Waals surface area contributed by atoms with Crippen molar-refractivity contribution in [2.75, 3.05) is 12.4 Å². The maximum Gasteiger partial charge on any atom is 0.331 e. The number of anilines is 1. The van der Waals surface area contributed by atoms with Gasteiger partial charge in [-0.2, -0.15) is 0 Å². The van der Waals surface area contributed by atoms with E-state index in [4.69, 9.17) is 4.74 Å². The van der Waals surface area contributed by atoms with E-state index in [0.29, 0.717) is 0 Å². The number of hydrogen-bond donors (Lipinski definition) is 1. The van der Waals surface area contributed by atoms with E-state index in [-0.39, 0.29) is 11.4 Å². The van der Waals surface area contributed by atoms with E-state index in [1.54, 1.807) is 0 Å². The highest BCUT2D eigenvalue weighted by Gasteiger charge is 2.46. The van der Waals surface area contributed by atoms with Gasteiger partial charge in [0.25, 0.3) is 0 Å². The maximum atomic E-state index is 12.4. The Kier molecular flexibility index (Phi) is 4.07. The van der Waals surface area contributed by atoms with Gasteiger partial charge in [-0.25, -0.2) is 4.79 Å². The predicted molar refractivity (Wildman–Crippen MR) is 81.8 cm³/mol. The molecule has 1 saturated carbocycles. The number of ether oxygens (including phenoxy) is 1. The highest BCUT2D eigenvalue weighted by Crippen LogP contribution is 2.43. The summed E-state index contributed by atoms with van der Waals surface area (Å²) in [5.74, 6) is -0.145. The molecule has 1 aliphatic carbocycles. The van der Waals surface area contributed by atoms with Crippen molar-refractivity contribution in [2.24, 2.45) is 5.41 Å². The van der Waals surface area contributed by atoms with Crippen LogP contribution >= 0.6 is 0 Å². The zero-order valence-electron chi connectivity index (χ0n) is 13.0. The van der Waals surface area contributed by atoms with E-state index in [0.717, 1.165) is 36.9 Å². The number of rotatable bonds is 3. The Balaban J connectivity index is 2.33. The molecular weight excluding hydrogens is 250 g/mol. The summed E-state index contributed by atoms with van der Waals surface area (Å²) in [6.07, 6.45) is 3.83. The fraction of sp³-hybridized carbons (Fsp3) is 0.588. The van der Waals surface area contributed by atoms with Crippen molar-refractivity contribution >= 4 is 11.7 Å². The molecule has 0 saturated heterocycles. The molecule has 1 aromatic rings. The van der Waals surface area contributed by atoms with Gasteiger partial charge in [-0.1, -0.05) is 32.0 Å². The van der Waals surface area contributed by atoms with Crippen molar-refractivity contribution in [3.8, 4) is 0 Å². The molecule has 0 spiro atoms. The number of hydrogen-bond acceptors (Lipinski definition) is 3. The van der Waals surface area contributed by atoms with Gasteiger partial charge in [0.1, 0.15) is 5.54 Å². The van der Waals surface area contributed by atoms with Crippen LogP contribution in [0.1, 0.15) is 45.1 Å². The average Bonchev–Trinajstić information content (AvgIpc) is 2.39. The Bertz CT molecular complexity index is 496. The Hall–Kier alpha value is -1.51. The predicted octanol–water partition coefficient (Wildman–Crippen LogP) is 3.92. The molecule has 1 N–H and O–H groups in total. The minimum atomic E-state index is -0.595. The van der Waals surface area contributed by atoms with Crippen LogP contribution in [0.25, 0.3) is 0 Å². The lowest BCUT2D eigenvalue weighted by atomic mass is 9.68. The van der Waals surface area contributed by atoms with Crippen LogP contribution in [0, 0.1) is 12.3 Å². The van der Waals surface area contributed by atoms with Crippen LogP contribution in [0.2, 0.25) is 0 Å². The summed E-state index contributed by atoms with van der Waals surface area (Å²) in [5, 5.41) is 3.49. The van der Waals surface area contributed by atoms with Crippen molar-refractivity contribution in [1.29, 1.82) is 0 Å². The van der Waals surface area contributed by atoms with E-state index in [2.05, 4.69) is 32.2 Å². The van der Waals surface area contributed by atoms with Crippen LogP contribution < -0.4 is 5.32 Å². The second kappa shape index (κ2) is 5.47. The Labute approximate surface area is 121 Å². The first-order valence-corrected chi connectivity index (χ1v) is 7.31. The maximum absolute atomic E-state index is 12.4. The molecule has 20 heavy (non-hydrogen) atoms. The molecule has 3 heteroatoms. The summed E-state index contributed by atoms with van der Waals surface area (Å²) < 4.78 is 5.10. The fourth-order valence-corrected chi connectivity index (χ4v) is 3.36. The third-order valence-electron chi connectivity index (χ3n) is 4.33. The van der Waals surface area contributed by atoms with Gasteiger partial charge >= 0.3 is 5.97 Å². The molecule has 0 amide bonds. The van der Waals surface area contributed by atoms with Gasteiger partial charge in [-0.15, -0.1) is 0 Å². The highest BCUT2D eigenvalue weighted by atomic mass is 16.5. The number of para-hydroxylation sites is 1. The first kappa shape index (κ1) is 14.9. The zero-order valence-corrected chi connectivity index (χ0v) is 13.0. The molecule has 0 bridgehead atoms. The van der Waals surface area contributed by atoms with Crippen molar-refractivity contribution < 1.29 is 9.53 Å². The smallest absolute Gasteiger partial charge is 0.331 e. The summed E-state index contributed by atoms with van der Waals surface area (Å²) in [4.78, 5) is 12.4. The molecule has 1 aromatic carbocycles. The lowest BCUT2D eigenvalue weighted by Crippen LogP contribution is -2.52.